The minimum atomic E-state index is 0. The number of ether oxygens (including phenoxy) is 1. The molecule has 1 aromatic carbocycles. The molecule has 0 radical (unpaired) electrons. The van der Waals surface area contributed by atoms with Crippen LogP contribution in [-0.2, 0) is 0 Å². The largest absolute Gasteiger partial charge is 0.496 e. The fourth-order valence-electron chi connectivity index (χ4n) is 3.96. The van der Waals surface area contributed by atoms with Gasteiger partial charge < -0.3 is 9.64 Å². The van der Waals surface area contributed by atoms with E-state index in [2.05, 4.69) is 11.8 Å². The SMILES string of the molecule is COc1ccc(Cl)c2c1C(C)CC(CN1CCCCC1)C2=O.Cl. The first kappa shape index (κ1) is 18.6. The fraction of sp³-hybridized carbons (Fsp3) is 0.611. The monoisotopic (exact) mass is 357 g/mol. The summed E-state index contributed by atoms with van der Waals surface area (Å²) in [6, 6.07) is 3.66. The summed E-state index contributed by atoms with van der Waals surface area (Å²) in [6.07, 6.45) is 4.71. The Labute approximate surface area is 149 Å². The minimum Gasteiger partial charge on any atom is -0.496 e. The fourth-order valence-corrected chi connectivity index (χ4v) is 4.22. The average molecular weight is 358 g/mol. The molecule has 0 saturated carbocycles. The van der Waals surface area contributed by atoms with E-state index < -0.39 is 0 Å². The Morgan fingerprint density at radius 1 is 1.26 bits per heavy atom. The summed E-state index contributed by atoms with van der Waals surface area (Å²) in [7, 11) is 1.65. The zero-order valence-electron chi connectivity index (χ0n) is 13.8. The summed E-state index contributed by atoms with van der Waals surface area (Å²) in [4.78, 5) is 15.4. The highest BCUT2D eigenvalue weighted by atomic mass is 35.5. The van der Waals surface area contributed by atoms with E-state index >= 15 is 0 Å². The van der Waals surface area contributed by atoms with Crippen LogP contribution in [0.15, 0.2) is 12.1 Å². The number of carbonyl (C=O) groups is 1. The van der Waals surface area contributed by atoms with E-state index in [0.717, 1.165) is 37.4 Å². The Hall–Kier alpha value is -0.770. The van der Waals surface area contributed by atoms with Crippen LogP contribution in [0.5, 0.6) is 5.75 Å². The quantitative estimate of drug-likeness (QED) is 0.793. The molecule has 0 bridgehead atoms. The van der Waals surface area contributed by atoms with Gasteiger partial charge >= 0.3 is 0 Å². The zero-order chi connectivity index (χ0) is 15.7. The number of methoxy groups -OCH3 is 1. The van der Waals surface area contributed by atoms with Crippen molar-refractivity contribution in [2.75, 3.05) is 26.7 Å². The summed E-state index contributed by atoms with van der Waals surface area (Å²) in [5.74, 6) is 1.35. The number of Topliss-reactive ketones (excluding diaryl/α,β-unsaturated/α-hetero) is 1. The third-order valence-corrected chi connectivity index (χ3v) is 5.36. The Balaban J connectivity index is 0.00000192. The molecule has 1 aliphatic carbocycles. The number of ketones is 1. The maximum absolute atomic E-state index is 13.0. The summed E-state index contributed by atoms with van der Waals surface area (Å²) in [5, 5.41) is 0.566. The van der Waals surface area contributed by atoms with E-state index in [0.29, 0.717) is 16.5 Å². The van der Waals surface area contributed by atoms with E-state index in [9.17, 15) is 4.79 Å². The number of piperidine rings is 1. The lowest BCUT2D eigenvalue weighted by Crippen LogP contribution is -2.39. The van der Waals surface area contributed by atoms with Crippen LogP contribution in [0.4, 0.5) is 0 Å². The molecule has 2 aliphatic rings. The Morgan fingerprint density at radius 3 is 2.61 bits per heavy atom. The second-order valence-corrected chi connectivity index (χ2v) is 7.00. The molecular weight excluding hydrogens is 333 g/mol. The van der Waals surface area contributed by atoms with E-state index in [1.54, 1.807) is 13.2 Å². The number of hydrogen-bond acceptors (Lipinski definition) is 3. The van der Waals surface area contributed by atoms with E-state index in [-0.39, 0.29) is 24.1 Å². The first-order valence-corrected chi connectivity index (χ1v) is 8.62. The van der Waals surface area contributed by atoms with E-state index in [1.807, 2.05) is 6.07 Å². The van der Waals surface area contributed by atoms with E-state index in [4.69, 9.17) is 16.3 Å². The van der Waals surface area contributed by atoms with Crippen LogP contribution >= 0.6 is 24.0 Å². The van der Waals surface area contributed by atoms with Crippen molar-refractivity contribution in [2.24, 2.45) is 5.92 Å². The van der Waals surface area contributed by atoms with Crippen molar-refractivity contribution in [2.45, 2.75) is 38.5 Å². The molecule has 0 aromatic heterocycles. The number of benzene rings is 1. The lowest BCUT2D eigenvalue weighted by Gasteiger charge is -2.35. The molecule has 0 N–H and O–H groups in total. The number of carbonyl (C=O) groups excluding carboxylic acids is 1. The summed E-state index contributed by atoms with van der Waals surface area (Å²) < 4.78 is 5.45. The smallest absolute Gasteiger partial charge is 0.169 e. The molecule has 2 unspecified atom stereocenters. The van der Waals surface area contributed by atoms with Gasteiger partial charge in [0.2, 0.25) is 0 Å². The van der Waals surface area contributed by atoms with Crippen LogP contribution in [-0.4, -0.2) is 37.4 Å². The van der Waals surface area contributed by atoms with Crippen LogP contribution in [0.25, 0.3) is 0 Å². The first-order chi connectivity index (χ1) is 10.6. The van der Waals surface area contributed by atoms with Crippen LogP contribution in [0.3, 0.4) is 0 Å². The van der Waals surface area contributed by atoms with Crippen molar-refractivity contribution >= 4 is 29.8 Å². The number of rotatable bonds is 3. The molecule has 2 atom stereocenters. The molecule has 0 amide bonds. The van der Waals surface area contributed by atoms with Gasteiger partial charge in [-0.3, -0.25) is 4.79 Å². The van der Waals surface area contributed by atoms with Crippen molar-refractivity contribution in [3.05, 3.63) is 28.3 Å². The Bertz CT molecular complexity index is 570. The standard InChI is InChI=1S/C18H24ClNO2.ClH/c1-12-10-13(11-20-8-4-3-5-9-20)18(21)17-14(19)6-7-15(22-2)16(12)17;/h6-7,12-13H,3-5,8-11H2,1-2H3;1H. The number of nitrogens with zero attached hydrogens (tertiary/aromatic N) is 1. The first-order valence-electron chi connectivity index (χ1n) is 8.24. The normalized spacial score (nSPS) is 24.7. The summed E-state index contributed by atoms with van der Waals surface area (Å²) in [6.45, 7) is 5.29. The topological polar surface area (TPSA) is 29.5 Å². The maximum Gasteiger partial charge on any atom is 0.169 e. The molecule has 23 heavy (non-hydrogen) atoms. The molecule has 1 aromatic rings. The number of hydrogen-bond donors (Lipinski definition) is 0. The lowest BCUT2D eigenvalue weighted by molar-refractivity contribution is 0.0833. The predicted molar refractivity (Wildman–Crippen MR) is 96.4 cm³/mol. The highest BCUT2D eigenvalue weighted by molar-refractivity contribution is 6.34. The Morgan fingerprint density at radius 2 is 1.96 bits per heavy atom. The van der Waals surface area contributed by atoms with Crippen LogP contribution in [0.2, 0.25) is 5.02 Å². The molecule has 3 rings (SSSR count). The summed E-state index contributed by atoms with van der Waals surface area (Å²) in [5.41, 5.74) is 1.69. The Kier molecular flexibility index (Phi) is 6.35. The second kappa shape index (κ2) is 7.87. The van der Waals surface area contributed by atoms with Gasteiger partial charge in [0.15, 0.2) is 5.78 Å². The molecule has 1 aliphatic heterocycles. The van der Waals surface area contributed by atoms with Crippen molar-refractivity contribution in [1.29, 1.82) is 0 Å². The van der Waals surface area contributed by atoms with Crippen LogP contribution in [0.1, 0.15) is 54.4 Å². The van der Waals surface area contributed by atoms with Gasteiger partial charge in [0.25, 0.3) is 0 Å². The number of likely N-dealkylation sites (tertiary alicyclic amines) is 1. The molecule has 5 heteroatoms. The highest BCUT2D eigenvalue weighted by Gasteiger charge is 2.36. The zero-order valence-corrected chi connectivity index (χ0v) is 15.4. The summed E-state index contributed by atoms with van der Waals surface area (Å²) >= 11 is 6.35. The van der Waals surface area contributed by atoms with Gasteiger partial charge in [0.05, 0.1) is 12.1 Å². The van der Waals surface area contributed by atoms with Gasteiger partial charge in [0, 0.05) is 23.6 Å². The molecule has 1 fully saturated rings. The van der Waals surface area contributed by atoms with Gasteiger partial charge in [-0.15, -0.1) is 12.4 Å². The maximum atomic E-state index is 13.0. The molecular formula is C18H25Cl2NO2. The van der Waals surface area contributed by atoms with Crippen LogP contribution < -0.4 is 4.74 Å². The van der Waals surface area contributed by atoms with Crippen LogP contribution in [0, 0.1) is 5.92 Å². The predicted octanol–water partition coefficient (Wildman–Crippen LogP) is 4.56. The molecule has 3 nitrogen and oxygen atoms in total. The third kappa shape index (κ3) is 3.67. The van der Waals surface area contributed by atoms with Gasteiger partial charge in [-0.05, 0) is 50.4 Å². The number of halogens is 2. The minimum absolute atomic E-state index is 0. The van der Waals surface area contributed by atoms with Gasteiger partial charge in [0.1, 0.15) is 5.75 Å². The molecule has 128 valence electrons. The molecule has 1 saturated heterocycles. The van der Waals surface area contributed by atoms with Crippen molar-refractivity contribution in [1.82, 2.24) is 4.90 Å². The lowest BCUT2D eigenvalue weighted by atomic mass is 9.76. The van der Waals surface area contributed by atoms with Gasteiger partial charge in [-0.25, -0.2) is 0 Å². The van der Waals surface area contributed by atoms with Gasteiger partial charge in [-0.2, -0.15) is 0 Å². The van der Waals surface area contributed by atoms with Gasteiger partial charge in [-0.1, -0.05) is 24.9 Å². The molecule has 0 spiro atoms. The van der Waals surface area contributed by atoms with Crippen molar-refractivity contribution < 1.29 is 9.53 Å². The number of fused-ring (bicyclic) bond motifs is 1. The second-order valence-electron chi connectivity index (χ2n) is 6.60. The van der Waals surface area contributed by atoms with E-state index in [1.165, 1.54) is 19.3 Å². The highest BCUT2D eigenvalue weighted by Crippen LogP contribution is 2.43. The average Bonchev–Trinajstić information content (AvgIpc) is 2.53. The molecule has 1 heterocycles. The van der Waals surface area contributed by atoms with Crippen molar-refractivity contribution in [3.63, 3.8) is 0 Å². The van der Waals surface area contributed by atoms with Crippen molar-refractivity contribution in [3.8, 4) is 5.75 Å². The third-order valence-electron chi connectivity index (χ3n) is 5.05.